The van der Waals surface area contributed by atoms with Gasteiger partial charge in [-0.1, -0.05) is 0 Å². The zero-order valence-electron chi connectivity index (χ0n) is 13.0. The molecule has 2 aliphatic rings. The van der Waals surface area contributed by atoms with Gasteiger partial charge < -0.3 is 15.0 Å². The van der Waals surface area contributed by atoms with E-state index in [-0.39, 0.29) is 10.8 Å². The van der Waals surface area contributed by atoms with Gasteiger partial charge in [-0.25, -0.2) is 4.79 Å². The third-order valence-corrected chi connectivity index (χ3v) is 6.04. The number of thioether (sulfide) groups is 1. The van der Waals surface area contributed by atoms with Crippen molar-refractivity contribution in [1.29, 1.82) is 0 Å². The number of hydrogen-bond donors (Lipinski definition) is 1. The number of hydrogen-bond acceptors (Lipinski definition) is 4. The molecular formula is C16H23N3O2S. The van der Waals surface area contributed by atoms with Crippen molar-refractivity contribution in [1.82, 2.24) is 15.2 Å². The van der Waals surface area contributed by atoms with Crippen LogP contribution in [0.3, 0.4) is 0 Å². The van der Waals surface area contributed by atoms with Gasteiger partial charge in [-0.3, -0.25) is 4.98 Å². The van der Waals surface area contributed by atoms with E-state index in [0.29, 0.717) is 6.54 Å². The molecule has 0 unspecified atom stereocenters. The zero-order chi connectivity index (χ0) is 15.4. The minimum Gasteiger partial charge on any atom is -0.381 e. The van der Waals surface area contributed by atoms with Gasteiger partial charge in [-0.2, -0.15) is 11.8 Å². The molecule has 1 N–H and O–H groups in total. The van der Waals surface area contributed by atoms with Crippen molar-refractivity contribution in [3.05, 3.63) is 29.6 Å². The van der Waals surface area contributed by atoms with Gasteiger partial charge in [0.25, 0.3) is 0 Å². The summed E-state index contributed by atoms with van der Waals surface area (Å²) in [6.07, 6.45) is 5.69. The van der Waals surface area contributed by atoms with Crippen molar-refractivity contribution in [3.63, 3.8) is 0 Å². The smallest absolute Gasteiger partial charge is 0.317 e. The van der Waals surface area contributed by atoms with Gasteiger partial charge in [-0.05, 0) is 37.0 Å². The van der Waals surface area contributed by atoms with Crippen LogP contribution in [-0.4, -0.2) is 52.7 Å². The fourth-order valence-electron chi connectivity index (χ4n) is 3.05. The van der Waals surface area contributed by atoms with Crippen LogP contribution >= 0.6 is 11.8 Å². The van der Waals surface area contributed by atoms with Crippen molar-refractivity contribution >= 4 is 17.8 Å². The quantitative estimate of drug-likeness (QED) is 0.907. The molecule has 120 valence electrons. The summed E-state index contributed by atoms with van der Waals surface area (Å²) in [4.78, 5) is 18.5. The van der Waals surface area contributed by atoms with Crippen molar-refractivity contribution < 1.29 is 9.53 Å². The van der Waals surface area contributed by atoms with Crippen molar-refractivity contribution in [3.8, 4) is 0 Å². The molecule has 22 heavy (non-hydrogen) atoms. The van der Waals surface area contributed by atoms with E-state index in [9.17, 15) is 4.79 Å². The van der Waals surface area contributed by atoms with Crippen LogP contribution in [-0.2, 0) is 11.3 Å². The van der Waals surface area contributed by atoms with E-state index < -0.39 is 0 Å². The molecule has 2 aliphatic heterocycles. The molecule has 0 atom stereocenters. The molecule has 0 saturated carbocycles. The fourth-order valence-corrected chi connectivity index (χ4v) is 4.49. The first-order valence-corrected chi connectivity index (χ1v) is 8.81. The lowest BCUT2D eigenvalue weighted by atomic mass is 9.98. The molecule has 3 rings (SSSR count). The Bertz CT molecular complexity index is 526. The summed E-state index contributed by atoms with van der Waals surface area (Å²) in [5.41, 5.74) is 2.23. The van der Waals surface area contributed by atoms with Crippen molar-refractivity contribution in [2.45, 2.75) is 31.1 Å². The monoisotopic (exact) mass is 321 g/mol. The van der Waals surface area contributed by atoms with Crippen LogP contribution in [0.25, 0.3) is 0 Å². The van der Waals surface area contributed by atoms with Crippen LogP contribution in [0.5, 0.6) is 0 Å². The van der Waals surface area contributed by atoms with Crippen LogP contribution in [0.2, 0.25) is 0 Å². The first-order chi connectivity index (χ1) is 10.7. The van der Waals surface area contributed by atoms with Gasteiger partial charge in [-0.15, -0.1) is 0 Å². The number of ether oxygens (including phenoxy) is 1. The second-order valence-corrected chi connectivity index (χ2v) is 7.59. The molecule has 1 aromatic rings. The highest BCUT2D eigenvalue weighted by Crippen LogP contribution is 2.39. The second kappa shape index (κ2) is 6.87. The summed E-state index contributed by atoms with van der Waals surface area (Å²) in [7, 11) is 0. The van der Waals surface area contributed by atoms with Crippen LogP contribution in [0, 0.1) is 6.92 Å². The number of aryl methyl sites for hydroxylation is 1. The lowest BCUT2D eigenvalue weighted by molar-refractivity contribution is 0.0669. The minimum atomic E-state index is 0.0439. The van der Waals surface area contributed by atoms with E-state index in [1.807, 2.05) is 35.8 Å². The fraction of sp³-hybridized carbons (Fsp3) is 0.625. The van der Waals surface area contributed by atoms with E-state index >= 15 is 0 Å². The molecule has 0 radical (unpaired) electrons. The molecule has 0 bridgehead atoms. The molecule has 0 aromatic carbocycles. The standard InChI is InChI=1S/C16H23N3O2S/c1-13-10-17-5-2-14(13)11-18-15(20)19-6-9-22-16(12-19)3-7-21-8-4-16/h2,5,10H,3-4,6-9,11-12H2,1H3,(H,18,20). The molecule has 6 heteroatoms. The van der Waals surface area contributed by atoms with Crippen LogP contribution in [0.4, 0.5) is 4.79 Å². The summed E-state index contributed by atoms with van der Waals surface area (Å²) < 4.78 is 5.68. The number of carbonyl (C=O) groups is 1. The van der Waals surface area contributed by atoms with Gasteiger partial charge in [0.2, 0.25) is 0 Å². The van der Waals surface area contributed by atoms with Gasteiger partial charge in [0.05, 0.1) is 0 Å². The lowest BCUT2D eigenvalue weighted by Gasteiger charge is -2.44. The highest BCUT2D eigenvalue weighted by atomic mass is 32.2. The number of nitrogens with one attached hydrogen (secondary N) is 1. The van der Waals surface area contributed by atoms with Crippen LogP contribution in [0.1, 0.15) is 24.0 Å². The predicted molar refractivity (Wildman–Crippen MR) is 88.0 cm³/mol. The Kier molecular flexibility index (Phi) is 4.88. The van der Waals surface area contributed by atoms with Crippen LogP contribution < -0.4 is 5.32 Å². The van der Waals surface area contributed by atoms with Gasteiger partial charge in [0, 0.05) is 55.7 Å². The first kappa shape index (κ1) is 15.6. The maximum atomic E-state index is 12.5. The highest BCUT2D eigenvalue weighted by molar-refractivity contribution is 8.00. The number of urea groups is 1. The van der Waals surface area contributed by atoms with Crippen molar-refractivity contribution in [2.24, 2.45) is 0 Å². The molecule has 2 fully saturated rings. The Labute approximate surface area is 135 Å². The lowest BCUT2D eigenvalue weighted by Crippen LogP contribution is -2.53. The number of amides is 2. The molecule has 0 aliphatic carbocycles. The van der Waals surface area contributed by atoms with E-state index in [4.69, 9.17) is 4.74 Å². The Hall–Kier alpha value is -1.27. The zero-order valence-corrected chi connectivity index (χ0v) is 13.8. The summed E-state index contributed by atoms with van der Waals surface area (Å²) in [6, 6.07) is 2.00. The second-order valence-electron chi connectivity index (χ2n) is 6.03. The van der Waals surface area contributed by atoms with Crippen molar-refractivity contribution in [2.75, 3.05) is 32.1 Å². The van der Waals surface area contributed by atoms with Crippen LogP contribution in [0.15, 0.2) is 18.5 Å². The van der Waals surface area contributed by atoms with E-state index in [1.54, 1.807) is 6.20 Å². The molecule has 3 heterocycles. The molecular weight excluding hydrogens is 298 g/mol. The number of pyridine rings is 1. The number of nitrogens with zero attached hydrogens (tertiary/aromatic N) is 2. The Morgan fingerprint density at radius 2 is 2.32 bits per heavy atom. The third-order valence-electron chi connectivity index (χ3n) is 4.51. The van der Waals surface area contributed by atoms with E-state index in [2.05, 4.69) is 10.3 Å². The average molecular weight is 321 g/mol. The summed E-state index contributed by atoms with van der Waals surface area (Å²) >= 11 is 2.01. The maximum absolute atomic E-state index is 12.5. The molecule has 2 saturated heterocycles. The minimum absolute atomic E-state index is 0.0439. The summed E-state index contributed by atoms with van der Waals surface area (Å²) in [5, 5.41) is 3.05. The number of carbonyl (C=O) groups excluding carboxylic acids is 1. The summed E-state index contributed by atoms with van der Waals surface area (Å²) in [5.74, 6) is 1.02. The normalized spacial score (nSPS) is 20.9. The largest absolute Gasteiger partial charge is 0.381 e. The summed E-state index contributed by atoms with van der Waals surface area (Å²) in [6.45, 7) is 5.88. The van der Waals surface area contributed by atoms with Gasteiger partial charge in [0.1, 0.15) is 0 Å². The topological polar surface area (TPSA) is 54.5 Å². The Morgan fingerprint density at radius 1 is 1.50 bits per heavy atom. The van der Waals surface area contributed by atoms with Gasteiger partial charge in [0.15, 0.2) is 0 Å². The molecule has 2 amide bonds. The highest BCUT2D eigenvalue weighted by Gasteiger charge is 2.39. The first-order valence-electron chi connectivity index (χ1n) is 7.83. The molecule has 1 aromatic heterocycles. The number of rotatable bonds is 2. The molecule has 5 nitrogen and oxygen atoms in total. The SMILES string of the molecule is Cc1cnccc1CNC(=O)N1CCSC2(CCOCC2)C1. The molecule has 1 spiro atoms. The van der Waals surface area contributed by atoms with Gasteiger partial charge >= 0.3 is 6.03 Å². The number of aromatic nitrogens is 1. The Morgan fingerprint density at radius 3 is 3.09 bits per heavy atom. The van der Waals surface area contributed by atoms with E-state index in [0.717, 1.165) is 56.0 Å². The maximum Gasteiger partial charge on any atom is 0.317 e. The predicted octanol–water partition coefficient (Wildman–Crippen LogP) is 2.20. The third kappa shape index (κ3) is 3.55. The average Bonchev–Trinajstić information content (AvgIpc) is 2.54. The Balaban J connectivity index is 1.56. The van der Waals surface area contributed by atoms with E-state index in [1.165, 1.54) is 0 Å².